The number of aromatic nitrogens is 3. The highest BCUT2D eigenvalue weighted by Crippen LogP contribution is 2.11. The summed E-state index contributed by atoms with van der Waals surface area (Å²) >= 11 is 0. The highest BCUT2D eigenvalue weighted by atomic mass is 16.5. The maximum absolute atomic E-state index is 11.8. The van der Waals surface area contributed by atoms with Gasteiger partial charge in [-0.3, -0.25) is 0 Å². The van der Waals surface area contributed by atoms with Gasteiger partial charge in [-0.25, -0.2) is 9.78 Å². The number of para-hydroxylation sites is 2. The third kappa shape index (κ3) is 2.93. The summed E-state index contributed by atoms with van der Waals surface area (Å²) in [5.74, 6) is 1.43. The highest BCUT2D eigenvalue weighted by Gasteiger charge is 2.10. The van der Waals surface area contributed by atoms with E-state index < -0.39 is 0 Å². The van der Waals surface area contributed by atoms with Crippen molar-refractivity contribution in [1.29, 1.82) is 0 Å². The van der Waals surface area contributed by atoms with Gasteiger partial charge in [0.15, 0.2) is 0 Å². The van der Waals surface area contributed by atoms with Gasteiger partial charge in [0.25, 0.3) is 0 Å². The lowest BCUT2D eigenvalue weighted by atomic mass is 10.2. The molecule has 2 amide bonds. The molecule has 0 spiro atoms. The summed E-state index contributed by atoms with van der Waals surface area (Å²) < 4.78 is 5.05. The molecule has 0 radical (unpaired) electrons. The number of nitrogens with one attached hydrogen (secondary N) is 3. The minimum Gasteiger partial charge on any atom is -0.361 e. The topological polar surface area (TPSA) is 95.8 Å². The van der Waals surface area contributed by atoms with E-state index in [0.717, 1.165) is 28.1 Å². The van der Waals surface area contributed by atoms with Crippen LogP contribution >= 0.6 is 0 Å². The van der Waals surface area contributed by atoms with Crippen molar-refractivity contribution in [3.05, 3.63) is 47.1 Å². The van der Waals surface area contributed by atoms with Gasteiger partial charge >= 0.3 is 6.03 Å². The molecule has 0 aliphatic heterocycles. The second-order valence-electron chi connectivity index (χ2n) is 5.04. The number of aryl methyl sites for hydroxylation is 2. The molecule has 3 rings (SSSR count). The van der Waals surface area contributed by atoms with Gasteiger partial charge in [0.2, 0.25) is 0 Å². The summed E-state index contributed by atoms with van der Waals surface area (Å²) in [7, 11) is 0. The lowest BCUT2D eigenvalue weighted by molar-refractivity contribution is 0.240. The fraction of sp³-hybridized carbons (Fsp3) is 0.267. The Labute approximate surface area is 127 Å². The van der Waals surface area contributed by atoms with Crippen molar-refractivity contribution in [1.82, 2.24) is 25.8 Å². The van der Waals surface area contributed by atoms with Gasteiger partial charge in [0.1, 0.15) is 11.6 Å². The van der Waals surface area contributed by atoms with Crippen molar-refractivity contribution in [2.45, 2.75) is 26.9 Å². The number of aromatic amines is 1. The van der Waals surface area contributed by atoms with Crippen molar-refractivity contribution in [3.8, 4) is 0 Å². The average Bonchev–Trinajstić information content (AvgIpc) is 3.07. The Morgan fingerprint density at radius 3 is 2.73 bits per heavy atom. The number of fused-ring (bicyclic) bond motifs is 1. The summed E-state index contributed by atoms with van der Waals surface area (Å²) in [5.41, 5.74) is 3.53. The second kappa shape index (κ2) is 5.88. The number of nitrogens with zero attached hydrogens (tertiary/aromatic N) is 2. The molecule has 7 heteroatoms. The van der Waals surface area contributed by atoms with Crippen LogP contribution in [-0.2, 0) is 13.1 Å². The Bertz CT molecular complexity index is 753. The number of H-pyrrole nitrogens is 1. The number of amides is 2. The first-order valence-corrected chi connectivity index (χ1v) is 7.00. The zero-order valence-electron chi connectivity index (χ0n) is 12.4. The first kappa shape index (κ1) is 14.1. The van der Waals surface area contributed by atoms with Crippen molar-refractivity contribution < 1.29 is 9.32 Å². The summed E-state index contributed by atoms with van der Waals surface area (Å²) in [6.45, 7) is 4.39. The standard InChI is InChI=1S/C15H17N5O2/c1-9-11(10(2)22-20-9)7-16-15(21)17-8-14-18-12-5-3-4-6-13(12)19-14/h3-6H,7-8H2,1-2H3,(H,18,19)(H2,16,17,21). The summed E-state index contributed by atoms with van der Waals surface area (Å²) in [5, 5.41) is 9.40. The number of carbonyl (C=O) groups excluding carboxylic acids is 1. The Morgan fingerprint density at radius 2 is 2.00 bits per heavy atom. The third-order valence-corrected chi connectivity index (χ3v) is 3.46. The minimum absolute atomic E-state index is 0.263. The van der Waals surface area contributed by atoms with Gasteiger partial charge in [-0.05, 0) is 26.0 Å². The molecule has 0 saturated heterocycles. The first-order chi connectivity index (χ1) is 10.6. The Kier molecular flexibility index (Phi) is 3.78. The second-order valence-corrected chi connectivity index (χ2v) is 5.04. The third-order valence-electron chi connectivity index (χ3n) is 3.46. The quantitative estimate of drug-likeness (QED) is 0.688. The molecular formula is C15H17N5O2. The number of hydrogen-bond acceptors (Lipinski definition) is 4. The molecule has 0 bridgehead atoms. The van der Waals surface area contributed by atoms with E-state index in [4.69, 9.17) is 4.52 Å². The normalized spacial score (nSPS) is 10.8. The lowest BCUT2D eigenvalue weighted by Crippen LogP contribution is -2.35. The number of hydrogen-bond donors (Lipinski definition) is 3. The van der Waals surface area contributed by atoms with E-state index in [2.05, 4.69) is 25.8 Å². The van der Waals surface area contributed by atoms with E-state index in [1.54, 1.807) is 0 Å². The van der Waals surface area contributed by atoms with E-state index >= 15 is 0 Å². The first-order valence-electron chi connectivity index (χ1n) is 7.00. The predicted octanol–water partition coefficient (Wildman–Crippen LogP) is 2.17. The Morgan fingerprint density at radius 1 is 1.23 bits per heavy atom. The smallest absolute Gasteiger partial charge is 0.315 e. The van der Waals surface area contributed by atoms with Crippen LogP contribution in [0.1, 0.15) is 22.8 Å². The zero-order valence-corrected chi connectivity index (χ0v) is 12.4. The molecule has 1 aromatic carbocycles. The SMILES string of the molecule is Cc1noc(C)c1CNC(=O)NCc1nc2ccccc2[nH]1. The van der Waals surface area contributed by atoms with E-state index in [1.165, 1.54) is 0 Å². The maximum atomic E-state index is 11.8. The van der Waals surface area contributed by atoms with E-state index in [0.29, 0.717) is 18.9 Å². The molecule has 22 heavy (non-hydrogen) atoms. The molecule has 0 saturated carbocycles. The molecule has 7 nitrogen and oxygen atoms in total. The number of urea groups is 1. The largest absolute Gasteiger partial charge is 0.361 e. The van der Waals surface area contributed by atoms with Crippen molar-refractivity contribution >= 4 is 17.1 Å². The van der Waals surface area contributed by atoms with E-state index in [-0.39, 0.29) is 6.03 Å². The van der Waals surface area contributed by atoms with E-state index in [1.807, 2.05) is 38.1 Å². The lowest BCUT2D eigenvalue weighted by Gasteiger charge is -2.06. The molecule has 114 valence electrons. The van der Waals surface area contributed by atoms with Crippen LogP contribution in [0.4, 0.5) is 4.79 Å². The van der Waals surface area contributed by atoms with Crippen LogP contribution in [0.3, 0.4) is 0 Å². The van der Waals surface area contributed by atoms with Gasteiger partial charge in [-0.2, -0.15) is 0 Å². The van der Waals surface area contributed by atoms with Crippen molar-refractivity contribution in [2.75, 3.05) is 0 Å². The highest BCUT2D eigenvalue weighted by molar-refractivity contribution is 5.75. The van der Waals surface area contributed by atoms with Crippen LogP contribution in [0.5, 0.6) is 0 Å². The van der Waals surface area contributed by atoms with Crippen LogP contribution in [0.2, 0.25) is 0 Å². The van der Waals surface area contributed by atoms with Crippen LogP contribution < -0.4 is 10.6 Å². The predicted molar refractivity (Wildman–Crippen MR) is 81.1 cm³/mol. The fourth-order valence-electron chi connectivity index (χ4n) is 2.24. The molecule has 0 aliphatic carbocycles. The van der Waals surface area contributed by atoms with Crippen LogP contribution in [-0.4, -0.2) is 21.2 Å². The Hall–Kier alpha value is -2.83. The van der Waals surface area contributed by atoms with Crippen LogP contribution in [0.25, 0.3) is 11.0 Å². The zero-order chi connectivity index (χ0) is 15.5. The molecular weight excluding hydrogens is 282 g/mol. The summed E-state index contributed by atoms with van der Waals surface area (Å²) in [4.78, 5) is 19.4. The molecule has 2 heterocycles. The molecule has 3 N–H and O–H groups in total. The minimum atomic E-state index is -0.263. The van der Waals surface area contributed by atoms with Crippen LogP contribution in [0, 0.1) is 13.8 Å². The molecule has 0 unspecified atom stereocenters. The fourth-order valence-corrected chi connectivity index (χ4v) is 2.24. The molecule has 3 aromatic rings. The average molecular weight is 299 g/mol. The van der Waals surface area contributed by atoms with E-state index in [9.17, 15) is 4.79 Å². The summed E-state index contributed by atoms with van der Waals surface area (Å²) in [6, 6.07) is 7.47. The number of carbonyl (C=O) groups is 1. The number of benzene rings is 1. The Balaban J connectivity index is 1.54. The van der Waals surface area contributed by atoms with Gasteiger partial charge in [-0.1, -0.05) is 17.3 Å². The van der Waals surface area contributed by atoms with Crippen molar-refractivity contribution in [2.24, 2.45) is 0 Å². The number of rotatable bonds is 4. The molecule has 2 aromatic heterocycles. The monoisotopic (exact) mass is 299 g/mol. The molecule has 0 atom stereocenters. The molecule has 0 fully saturated rings. The van der Waals surface area contributed by atoms with Gasteiger partial charge in [-0.15, -0.1) is 0 Å². The number of imidazole rings is 1. The summed E-state index contributed by atoms with van der Waals surface area (Å²) in [6.07, 6.45) is 0. The molecule has 0 aliphatic rings. The van der Waals surface area contributed by atoms with Crippen molar-refractivity contribution in [3.63, 3.8) is 0 Å². The van der Waals surface area contributed by atoms with Gasteiger partial charge < -0.3 is 20.1 Å². The van der Waals surface area contributed by atoms with Crippen LogP contribution in [0.15, 0.2) is 28.8 Å². The van der Waals surface area contributed by atoms with Gasteiger partial charge in [0, 0.05) is 12.1 Å². The van der Waals surface area contributed by atoms with Gasteiger partial charge in [0.05, 0.1) is 23.3 Å². The maximum Gasteiger partial charge on any atom is 0.315 e.